The van der Waals surface area contributed by atoms with Crippen LogP contribution in [-0.2, 0) is 11.2 Å². The monoisotopic (exact) mass is 319 g/mol. The Labute approximate surface area is 132 Å². The number of anilines is 1. The molecule has 0 aliphatic heterocycles. The second kappa shape index (κ2) is 6.02. The summed E-state index contributed by atoms with van der Waals surface area (Å²) in [5.74, 6) is 0. The molecule has 0 fully saturated rings. The summed E-state index contributed by atoms with van der Waals surface area (Å²) in [6, 6.07) is 5.17. The van der Waals surface area contributed by atoms with Gasteiger partial charge in [-0.05, 0) is 31.4 Å². The molecule has 1 N–H and O–H groups in total. The second-order valence-corrected chi connectivity index (χ2v) is 6.22. The average molecular weight is 319 g/mol. The van der Waals surface area contributed by atoms with Crippen molar-refractivity contribution in [1.29, 1.82) is 0 Å². The molecule has 0 saturated carbocycles. The van der Waals surface area contributed by atoms with E-state index in [1.807, 2.05) is 6.07 Å². The molecule has 6 nitrogen and oxygen atoms in total. The molecule has 1 aliphatic carbocycles. The molecule has 0 saturated heterocycles. The normalized spacial score (nSPS) is 17.1. The summed E-state index contributed by atoms with van der Waals surface area (Å²) in [6.45, 7) is 0. The Kier molecular flexibility index (Phi) is 4.08. The fourth-order valence-corrected chi connectivity index (χ4v) is 3.98. The van der Waals surface area contributed by atoms with Gasteiger partial charge < -0.3 is 10.1 Å². The molecule has 0 bridgehead atoms. The van der Waals surface area contributed by atoms with Gasteiger partial charge in [-0.3, -0.25) is 10.1 Å². The van der Waals surface area contributed by atoms with Crippen LogP contribution in [0.25, 0.3) is 10.6 Å². The molecule has 2 aromatic rings. The first-order chi connectivity index (χ1) is 10.6. The summed E-state index contributed by atoms with van der Waals surface area (Å²) in [6.07, 6.45) is 3.11. The van der Waals surface area contributed by atoms with Gasteiger partial charge in [0.05, 0.1) is 21.6 Å². The van der Waals surface area contributed by atoms with Gasteiger partial charge in [-0.2, -0.15) is 0 Å². The number of thiazole rings is 1. The highest BCUT2D eigenvalue weighted by molar-refractivity contribution is 7.15. The van der Waals surface area contributed by atoms with E-state index in [9.17, 15) is 10.1 Å². The lowest BCUT2D eigenvalue weighted by Crippen LogP contribution is -2.08. The number of methoxy groups -OCH3 is 1. The molecule has 3 rings (SSSR count). The van der Waals surface area contributed by atoms with E-state index in [2.05, 4.69) is 10.3 Å². The van der Waals surface area contributed by atoms with E-state index in [0.29, 0.717) is 5.69 Å². The quantitative estimate of drug-likeness (QED) is 0.685. The largest absolute Gasteiger partial charge is 0.383 e. The third kappa shape index (κ3) is 2.57. The lowest BCUT2D eigenvalue weighted by molar-refractivity contribution is -0.383. The van der Waals surface area contributed by atoms with Crippen molar-refractivity contribution in [2.24, 2.45) is 0 Å². The molecule has 1 heterocycles. The van der Waals surface area contributed by atoms with Gasteiger partial charge in [0.1, 0.15) is 10.7 Å². The van der Waals surface area contributed by atoms with Crippen LogP contribution in [0.15, 0.2) is 18.2 Å². The van der Waals surface area contributed by atoms with Crippen LogP contribution in [0.5, 0.6) is 0 Å². The van der Waals surface area contributed by atoms with Crippen molar-refractivity contribution < 1.29 is 9.66 Å². The summed E-state index contributed by atoms with van der Waals surface area (Å²) in [4.78, 5) is 16.6. The van der Waals surface area contributed by atoms with E-state index < -0.39 is 0 Å². The molecular weight excluding hydrogens is 302 g/mol. The van der Waals surface area contributed by atoms with Gasteiger partial charge in [-0.1, -0.05) is 0 Å². The lowest BCUT2D eigenvalue weighted by atomic mass is 10.0. The lowest BCUT2D eigenvalue weighted by Gasteiger charge is -2.19. The number of aryl methyl sites for hydroxylation is 1. The number of nitrogens with one attached hydrogen (secondary N) is 1. The number of rotatable bonds is 4. The van der Waals surface area contributed by atoms with Crippen molar-refractivity contribution in [2.75, 3.05) is 19.5 Å². The fraction of sp³-hybridized carbons (Fsp3) is 0.400. The van der Waals surface area contributed by atoms with Gasteiger partial charge >= 0.3 is 0 Å². The van der Waals surface area contributed by atoms with Crippen LogP contribution in [0, 0.1) is 10.1 Å². The first-order valence-electron chi connectivity index (χ1n) is 7.13. The number of aromatic nitrogens is 1. The topological polar surface area (TPSA) is 77.3 Å². The maximum absolute atomic E-state index is 11.2. The van der Waals surface area contributed by atoms with Crippen LogP contribution >= 0.6 is 11.3 Å². The molecule has 1 atom stereocenters. The molecule has 1 aromatic carbocycles. The maximum atomic E-state index is 11.2. The Bertz CT molecular complexity index is 714. The maximum Gasteiger partial charge on any atom is 0.293 e. The van der Waals surface area contributed by atoms with Gasteiger partial charge in [0.25, 0.3) is 5.69 Å². The van der Waals surface area contributed by atoms with Crippen molar-refractivity contribution in [3.63, 3.8) is 0 Å². The van der Waals surface area contributed by atoms with Crippen molar-refractivity contribution >= 4 is 22.7 Å². The summed E-state index contributed by atoms with van der Waals surface area (Å²) in [5, 5.41) is 14.8. The number of nitro groups is 1. The number of nitro benzene ring substituents is 1. The van der Waals surface area contributed by atoms with E-state index in [-0.39, 0.29) is 16.7 Å². The van der Waals surface area contributed by atoms with Crippen LogP contribution in [0.1, 0.15) is 29.5 Å². The van der Waals surface area contributed by atoms with Crippen LogP contribution in [0.3, 0.4) is 0 Å². The number of nitrogens with zero attached hydrogens (tertiary/aromatic N) is 2. The van der Waals surface area contributed by atoms with E-state index in [0.717, 1.165) is 40.4 Å². The first-order valence-corrected chi connectivity index (χ1v) is 7.94. The number of ether oxygens (including phenoxy) is 1. The first kappa shape index (κ1) is 14.9. The van der Waals surface area contributed by atoms with Gasteiger partial charge in [0.15, 0.2) is 0 Å². The molecule has 116 valence electrons. The SMILES string of the molecule is CNc1ccc(-c2nc3c(s2)C(OC)CCC3)cc1[N+](=O)[O-]. The minimum Gasteiger partial charge on any atom is -0.383 e. The zero-order valence-electron chi connectivity index (χ0n) is 12.5. The highest BCUT2D eigenvalue weighted by atomic mass is 32.1. The van der Waals surface area contributed by atoms with Crippen LogP contribution < -0.4 is 5.32 Å². The smallest absolute Gasteiger partial charge is 0.293 e. The van der Waals surface area contributed by atoms with Crippen molar-refractivity contribution in [1.82, 2.24) is 4.98 Å². The Morgan fingerprint density at radius 1 is 1.50 bits per heavy atom. The zero-order valence-corrected chi connectivity index (χ0v) is 13.3. The van der Waals surface area contributed by atoms with Crippen molar-refractivity contribution in [2.45, 2.75) is 25.4 Å². The zero-order chi connectivity index (χ0) is 15.7. The number of hydrogen-bond donors (Lipinski definition) is 1. The fourth-order valence-electron chi connectivity index (χ4n) is 2.76. The number of fused-ring (bicyclic) bond motifs is 1. The Morgan fingerprint density at radius 3 is 3.00 bits per heavy atom. The predicted octanol–water partition coefficient (Wildman–Crippen LogP) is 3.78. The van der Waals surface area contributed by atoms with E-state index in [1.54, 1.807) is 37.6 Å². The summed E-state index contributed by atoms with van der Waals surface area (Å²) >= 11 is 1.58. The number of benzene rings is 1. The highest BCUT2D eigenvalue weighted by Gasteiger charge is 2.25. The van der Waals surface area contributed by atoms with Gasteiger partial charge in [-0.25, -0.2) is 4.98 Å². The minimum absolute atomic E-state index is 0.0662. The standard InChI is InChI=1S/C15H17N3O3S/c1-16-10-7-6-9(8-12(10)18(19)20)15-17-11-4-3-5-13(21-2)14(11)22-15/h6-8,13,16H,3-5H2,1-2H3. The van der Waals surface area contributed by atoms with E-state index in [1.165, 1.54) is 0 Å². The summed E-state index contributed by atoms with van der Waals surface area (Å²) in [7, 11) is 3.39. The third-order valence-corrected chi connectivity index (χ3v) is 5.13. The number of hydrogen-bond acceptors (Lipinski definition) is 6. The van der Waals surface area contributed by atoms with Crippen LogP contribution in [0.2, 0.25) is 0 Å². The highest BCUT2D eigenvalue weighted by Crippen LogP contribution is 2.40. The second-order valence-electron chi connectivity index (χ2n) is 5.19. The third-order valence-electron chi connectivity index (χ3n) is 3.90. The van der Waals surface area contributed by atoms with Crippen LogP contribution in [-0.4, -0.2) is 24.1 Å². The molecule has 22 heavy (non-hydrogen) atoms. The molecule has 1 unspecified atom stereocenters. The van der Waals surface area contributed by atoms with Gasteiger partial charge in [0, 0.05) is 25.8 Å². The molecule has 0 amide bonds. The predicted molar refractivity (Wildman–Crippen MR) is 86.4 cm³/mol. The van der Waals surface area contributed by atoms with Crippen LogP contribution in [0.4, 0.5) is 11.4 Å². The minimum atomic E-state index is -0.374. The summed E-state index contributed by atoms with van der Waals surface area (Å²) < 4.78 is 5.52. The van der Waals surface area contributed by atoms with Crippen molar-refractivity contribution in [3.8, 4) is 10.6 Å². The average Bonchev–Trinajstić information content (AvgIpc) is 2.98. The van der Waals surface area contributed by atoms with E-state index in [4.69, 9.17) is 4.74 Å². The molecule has 1 aromatic heterocycles. The van der Waals surface area contributed by atoms with Gasteiger partial charge in [0.2, 0.25) is 0 Å². The summed E-state index contributed by atoms with van der Waals surface area (Å²) in [5.41, 5.74) is 2.42. The van der Waals surface area contributed by atoms with Crippen molar-refractivity contribution in [3.05, 3.63) is 38.9 Å². The molecule has 7 heteroatoms. The molecule has 0 radical (unpaired) electrons. The Hall–Kier alpha value is -1.99. The molecule has 0 spiro atoms. The Balaban J connectivity index is 2.03. The van der Waals surface area contributed by atoms with E-state index >= 15 is 0 Å². The Morgan fingerprint density at radius 2 is 2.32 bits per heavy atom. The molecule has 1 aliphatic rings. The molecular formula is C15H17N3O3S. The van der Waals surface area contributed by atoms with Gasteiger partial charge in [-0.15, -0.1) is 11.3 Å².